The number of imide groups is 1. The van der Waals surface area contributed by atoms with Crippen LogP contribution < -0.4 is 5.32 Å². The monoisotopic (exact) mass is 283 g/mol. The summed E-state index contributed by atoms with van der Waals surface area (Å²) in [7, 11) is 6.33. The van der Waals surface area contributed by atoms with Gasteiger partial charge in [0.05, 0.1) is 7.11 Å². The Morgan fingerprint density at radius 2 is 2.10 bits per heavy atom. The van der Waals surface area contributed by atoms with Gasteiger partial charge >= 0.3 is 12.0 Å². The number of aliphatic imine (C=N–C) groups is 1. The minimum absolute atomic E-state index is 0.107. The summed E-state index contributed by atoms with van der Waals surface area (Å²) in [5.41, 5.74) is 0. The average molecular weight is 283 g/mol. The number of nitrogens with zero attached hydrogens (tertiary/aromatic N) is 4. The van der Waals surface area contributed by atoms with Crippen molar-refractivity contribution in [1.29, 1.82) is 0 Å². The Kier molecular flexibility index (Phi) is 3.51. The second-order valence-corrected chi connectivity index (χ2v) is 4.79. The van der Waals surface area contributed by atoms with E-state index >= 15 is 0 Å². The SMILES string of the molecule is COC(=O)CN1C(N(C)C)=NC2C1C(=O)NC(=O)N2C. The molecule has 20 heavy (non-hydrogen) atoms. The molecule has 110 valence electrons. The van der Waals surface area contributed by atoms with E-state index in [2.05, 4.69) is 15.0 Å². The zero-order valence-corrected chi connectivity index (χ0v) is 11.8. The number of hydrogen-bond acceptors (Lipinski definition) is 7. The summed E-state index contributed by atoms with van der Waals surface area (Å²) >= 11 is 0. The Morgan fingerprint density at radius 3 is 2.65 bits per heavy atom. The number of ether oxygens (including phenoxy) is 1. The molecule has 2 unspecified atom stereocenters. The van der Waals surface area contributed by atoms with Gasteiger partial charge < -0.3 is 19.4 Å². The van der Waals surface area contributed by atoms with Crippen molar-refractivity contribution in [3.8, 4) is 0 Å². The highest BCUT2D eigenvalue weighted by Gasteiger charge is 2.49. The van der Waals surface area contributed by atoms with E-state index in [0.717, 1.165) is 0 Å². The van der Waals surface area contributed by atoms with Crippen molar-refractivity contribution in [3.05, 3.63) is 0 Å². The smallest absolute Gasteiger partial charge is 0.325 e. The minimum atomic E-state index is -0.728. The molecule has 0 aromatic carbocycles. The number of likely N-dealkylation sites (N-methyl/N-ethyl adjacent to an activating group) is 1. The third-order valence-corrected chi connectivity index (χ3v) is 3.27. The third-order valence-electron chi connectivity index (χ3n) is 3.27. The van der Waals surface area contributed by atoms with Crippen LogP contribution in [0, 0.1) is 0 Å². The van der Waals surface area contributed by atoms with E-state index in [0.29, 0.717) is 5.96 Å². The van der Waals surface area contributed by atoms with E-state index in [1.807, 2.05) is 0 Å². The quantitative estimate of drug-likeness (QED) is 0.605. The molecule has 3 amide bonds. The van der Waals surface area contributed by atoms with E-state index in [-0.39, 0.29) is 6.54 Å². The fourth-order valence-electron chi connectivity index (χ4n) is 2.26. The molecule has 2 aliphatic heterocycles. The van der Waals surface area contributed by atoms with Crippen molar-refractivity contribution >= 4 is 23.9 Å². The van der Waals surface area contributed by atoms with Crippen LogP contribution in [0.15, 0.2) is 4.99 Å². The lowest BCUT2D eigenvalue weighted by Gasteiger charge is -2.36. The molecule has 0 saturated carbocycles. The van der Waals surface area contributed by atoms with E-state index in [9.17, 15) is 14.4 Å². The summed E-state index contributed by atoms with van der Waals surface area (Å²) in [6, 6.07) is -1.23. The minimum Gasteiger partial charge on any atom is -0.468 e. The molecule has 9 nitrogen and oxygen atoms in total. The lowest BCUT2D eigenvalue weighted by molar-refractivity contribution is -0.142. The summed E-state index contributed by atoms with van der Waals surface area (Å²) in [5.74, 6) is -0.489. The highest BCUT2D eigenvalue weighted by atomic mass is 16.5. The lowest BCUT2D eigenvalue weighted by Crippen LogP contribution is -2.64. The molecule has 0 aliphatic carbocycles. The van der Waals surface area contributed by atoms with Gasteiger partial charge in [-0.15, -0.1) is 0 Å². The summed E-state index contributed by atoms with van der Waals surface area (Å²) in [5, 5.41) is 2.24. The molecule has 1 N–H and O–H groups in total. The van der Waals surface area contributed by atoms with Crippen molar-refractivity contribution in [1.82, 2.24) is 20.0 Å². The number of urea groups is 1. The van der Waals surface area contributed by atoms with Crippen LogP contribution in [-0.4, -0.2) is 85.6 Å². The number of guanidine groups is 1. The maximum atomic E-state index is 12.0. The first-order chi connectivity index (χ1) is 9.36. The fraction of sp³-hybridized carbons (Fsp3) is 0.636. The van der Waals surface area contributed by atoms with Gasteiger partial charge in [-0.2, -0.15) is 0 Å². The molecule has 1 saturated heterocycles. The van der Waals surface area contributed by atoms with Gasteiger partial charge in [0.15, 0.2) is 18.2 Å². The molecule has 0 aromatic rings. The summed E-state index contributed by atoms with van der Waals surface area (Å²) in [4.78, 5) is 44.1. The number of nitrogens with one attached hydrogen (secondary N) is 1. The van der Waals surface area contributed by atoms with Crippen molar-refractivity contribution in [2.45, 2.75) is 12.2 Å². The number of hydrogen-bond donors (Lipinski definition) is 1. The Morgan fingerprint density at radius 1 is 1.45 bits per heavy atom. The lowest BCUT2D eigenvalue weighted by atomic mass is 10.1. The predicted molar refractivity (Wildman–Crippen MR) is 68.7 cm³/mol. The second kappa shape index (κ2) is 4.99. The van der Waals surface area contributed by atoms with Gasteiger partial charge in [-0.3, -0.25) is 14.9 Å². The van der Waals surface area contributed by atoms with Gasteiger partial charge in [-0.05, 0) is 0 Å². The van der Waals surface area contributed by atoms with Gasteiger partial charge in [-0.1, -0.05) is 0 Å². The summed E-state index contributed by atoms with van der Waals surface area (Å²) < 4.78 is 4.64. The van der Waals surface area contributed by atoms with Crippen LogP contribution in [0.1, 0.15) is 0 Å². The first kappa shape index (κ1) is 14.1. The van der Waals surface area contributed by atoms with Gasteiger partial charge in [0.25, 0.3) is 5.91 Å². The molecular weight excluding hydrogens is 266 g/mol. The number of fused-ring (bicyclic) bond motifs is 1. The molecule has 2 atom stereocenters. The van der Waals surface area contributed by atoms with E-state index < -0.39 is 30.1 Å². The molecule has 1 fully saturated rings. The molecular formula is C11H17N5O4. The number of methoxy groups -OCH3 is 1. The van der Waals surface area contributed by atoms with Crippen LogP contribution in [0.4, 0.5) is 4.79 Å². The predicted octanol–water partition coefficient (Wildman–Crippen LogP) is -1.73. The molecule has 9 heteroatoms. The molecule has 0 spiro atoms. The Labute approximate surface area is 116 Å². The number of amides is 3. The normalized spacial score (nSPS) is 25.1. The highest BCUT2D eigenvalue weighted by Crippen LogP contribution is 2.24. The molecule has 2 rings (SSSR count). The third kappa shape index (κ3) is 2.15. The second-order valence-electron chi connectivity index (χ2n) is 4.79. The van der Waals surface area contributed by atoms with Crippen LogP contribution in [0.2, 0.25) is 0 Å². The van der Waals surface area contributed by atoms with Gasteiger partial charge in [0.1, 0.15) is 6.54 Å². The molecule has 2 heterocycles. The number of carbonyl (C=O) groups is 3. The molecule has 0 aromatic heterocycles. The van der Waals surface area contributed by atoms with Crippen molar-refractivity contribution in [2.24, 2.45) is 4.99 Å². The maximum absolute atomic E-state index is 12.0. The Hall–Kier alpha value is -2.32. The van der Waals surface area contributed by atoms with Gasteiger partial charge in [0, 0.05) is 21.1 Å². The largest absolute Gasteiger partial charge is 0.468 e. The van der Waals surface area contributed by atoms with E-state index in [1.54, 1.807) is 26.0 Å². The van der Waals surface area contributed by atoms with Crippen LogP contribution in [0.25, 0.3) is 0 Å². The van der Waals surface area contributed by atoms with Crippen LogP contribution in [-0.2, 0) is 14.3 Å². The summed E-state index contributed by atoms with van der Waals surface area (Å²) in [6.45, 7) is -0.107. The first-order valence-electron chi connectivity index (χ1n) is 6.03. The number of esters is 1. The van der Waals surface area contributed by atoms with Crippen molar-refractivity contribution in [2.75, 3.05) is 34.8 Å². The zero-order valence-electron chi connectivity index (χ0n) is 11.8. The van der Waals surface area contributed by atoms with E-state index in [4.69, 9.17) is 0 Å². The number of rotatable bonds is 2. The van der Waals surface area contributed by atoms with Crippen LogP contribution in [0.3, 0.4) is 0 Å². The van der Waals surface area contributed by atoms with Gasteiger partial charge in [-0.25, -0.2) is 9.79 Å². The number of carbonyl (C=O) groups excluding carboxylic acids is 3. The summed E-state index contributed by atoms with van der Waals surface area (Å²) in [6.07, 6.45) is -0.640. The zero-order chi connectivity index (χ0) is 15.0. The first-order valence-corrected chi connectivity index (χ1v) is 6.03. The molecule has 2 aliphatic rings. The standard InChI is InChI=1S/C11H17N5O4/c1-14(2)10-12-8-7(16(10)5-6(17)20-4)9(18)13-11(19)15(8)3/h7-8H,5H2,1-4H3,(H,13,18,19). The Bertz CT molecular complexity index is 489. The average Bonchev–Trinajstić information content (AvgIpc) is 2.76. The fourth-order valence-corrected chi connectivity index (χ4v) is 2.26. The van der Waals surface area contributed by atoms with E-state index in [1.165, 1.54) is 16.9 Å². The van der Waals surface area contributed by atoms with Gasteiger partial charge in [0.2, 0.25) is 0 Å². The van der Waals surface area contributed by atoms with Crippen molar-refractivity contribution < 1.29 is 19.1 Å². The Balaban J connectivity index is 2.34. The highest BCUT2D eigenvalue weighted by molar-refractivity contribution is 6.04. The molecule has 0 radical (unpaired) electrons. The molecule has 0 bridgehead atoms. The van der Waals surface area contributed by atoms with Crippen LogP contribution in [0.5, 0.6) is 0 Å². The topological polar surface area (TPSA) is 94.5 Å². The van der Waals surface area contributed by atoms with Crippen LogP contribution >= 0.6 is 0 Å². The van der Waals surface area contributed by atoms with Crippen molar-refractivity contribution in [3.63, 3.8) is 0 Å². The maximum Gasteiger partial charge on any atom is 0.325 e.